The molecule has 6 heteroatoms. The molecule has 0 aliphatic heterocycles. The van der Waals surface area contributed by atoms with E-state index in [9.17, 15) is 19.8 Å². The lowest BCUT2D eigenvalue weighted by atomic mass is 9.88. The molecule has 1 heterocycles. The summed E-state index contributed by atoms with van der Waals surface area (Å²) in [6.07, 6.45) is 0.431. The number of carboxylic acids is 1. The summed E-state index contributed by atoms with van der Waals surface area (Å²) in [6, 6.07) is 11.2. The maximum atomic E-state index is 13.2. The normalized spacial score (nSPS) is 12.5. The van der Waals surface area contributed by atoms with Crippen molar-refractivity contribution in [1.29, 1.82) is 0 Å². The Hall–Kier alpha value is -2.79. The number of nitrogens with zero attached hydrogens (tertiary/aromatic N) is 1. The van der Waals surface area contributed by atoms with Crippen molar-refractivity contribution < 1.29 is 19.8 Å². The molecule has 0 unspecified atom stereocenters. The van der Waals surface area contributed by atoms with Gasteiger partial charge in [-0.2, -0.15) is 0 Å². The fourth-order valence-electron chi connectivity index (χ4n) is 3.67. The van der Waals surface area contributed by atoms with Crippen LogP contribution in [0, 0.1) is 12.8 Å². The third-order valence-electron chi connectivity index (χ3n) is 4.88. The first-order valence-electron chi connectivity index (χ1n) is 9.07. The van der Waals surface area contributed by atoms with Gasteiger partial charge in [0, 0.05) is 21.7 Å². The number of carbonyl (C=O) groups is 2. The number of aromatic nitrogens is 1. The van der Waals surface area contributed by atoms with Gasteiger partial charge in [-0.25, -0.2) is 0 Å². The fourth-order valence-corrected chi connectivity index (χ4v) is 3.79. The molecular formula is C22H22ClNO4. The van der Waals surface area contributed by atoms with Crippen molar-refractivity contribution in [2.75, 3.05) is 0 Å². The number of halogens is 1. The molecule has 146 valence electrons. The Labute approximate surface area is 168 Å². The first kappa shape index (κ1) is 20.0. The van der Waals surface area contributed by atoms with E-state index in [2.05, 4.69) is 0 Å². The summed E-state index contributed by atoms with van der Waals surface area (Å²) < 4.78 is 1.52. The number of carboxylic acid groups (broad SMARTS) is 1. The fraction of sp³-hybridized carbons (Fsp3) is 0.273. The molecule has 1 atom stereocenters. The average molecular weight is 400 g/mol. The summed E-state index contributed by atoms with van der Waals surface area (Å²) >= 11 is 5.92. The predicted octanol–water partition coefficient (Wildman–Crippen LogP) is 5.21. The van der Waals surface area contributed by atoms with Crippen molar-refractivity contribution >= 4 is 34.4 Å². The third-order valence-corrected chi connectivity index (χ3v) is 5.14. The van der Waals surface area contributed by atoms with Crippen LogP contribution in [0.1, 0.15) is 47.8 Å². The maximum Gasteiger partial charge on any atom is 0.311 e. The van der Waals surface area contributed by atoms with Gasteiger partial charge in [0.1, 0.15) is 5.75 Å². The van der Waals surface area contributed by atoms with E-state index < -0.39 is 11.9 Å². The highest BCUT2D eigenvalue weighted by molar-refractivity contribution is 6.30. The number of carbonyl (C=O) groups excluding carboxylic acids is 1. The minimum absolute atomic E-state index is 0.0264. The van der Waals surface area contributed by atoms with Gasteiger partial charge in [-0.15, -0.1) is 0 Å². The van der Waals surface area contributed by atoms with Gasteiger partial charge in [0.15, 0.2) is 0 Å². The second kappa shape index (κ2) is 7.68. The van der Waals surface area contributed by atoms with Gasteiger partial charge >= 0.3 is 5.97 Å². The molecule has 0 saturated heterocycles. The molecule has 0 radical (unpaired) electrons. The second-order valence-electron chi connectivity index (χ2n) is 7.37. The standard InChI is InChI=1S/C22H22ClNO4/c1-12(2)10-18(22(27)28)20-13(3)24(19-9-8-16(25)11-17(19)20)21(26)14-4-6-15(23)7-5-14/h4-9,11-12,18,25H,10H2,1-3H3,(H,27,28)/t18-/m0/s1. The summed E-state index contributed by atoms with van der Waals surface area (Å²) in [7, 11) is 0. The molecule has 0 spiro atoms. The monoisotopic (exact) mass is 399 g/mol. The van der Waals surface area contributed by atoms with Crippen molar-refractivity contribution in [1.82, 2.24) is 4.57 Å². The summed E-state index contributed by atoms with van der Waals surface area (Å²) in [4.78, 5) is 25.2. The SMILES string of the molecule is Cc1c([C@H](CC(C)C)C(=O)O)c2cc(O)ccc2n1C(=O)c1ccc(Cl)cc1. The highest BCUT2D eigenvalue weighted by Crippen LogP contribution is 2.37. The molecule has 0 amide bonds. The average Bonchev–Trinajstić information content (AvgIpc) is 2.90. The number of aromatic hydroxyl groups is 1. The van der Waals surface area contributed by atoms with Crippen LogP contribution in [-0.4, -0.2) is 26.7 Å². The Bertz CT molecular complexity index is 1050. The minimum atomic E-state index is -0.946. The predicted molar refractivity (Wildman–Crippen MR) is 109 cm³/mol. The largest absolute Gasteiger partial charge is 0.508 e. The molecule has 1 aromatic heterocycles. The Balaban J connectivity index is 2.27. The Morgan fingerprint density at radius 3 is 2.32 bits per heavy atom. The van der Waals surface area contributed by atoms with Crippen molar-refractivity contribution in [2.45, 2.75) is 33.1 Å². The molecule has 0 aliphatic carbocycles. The van der Waals surface area contributed by atoms with Crippen molar-refractivity contribution in [3.05, 3.63) is 64.3 Å². The van der Waals surface area contributed by atoms with E-state index in [0.717, 1.165) is 0 Å². The summed E-state index contributed by atoms with van der Waals surface area (Å²) in [5, 5.41) is 20.9. The van der Waals surface area contributed by atoms with E-state index in [-0.39, 0.29) is 17.6 Å². The molecule has 2 N–H and O–H groups in total. The molecule has 3 aromatic rings. The first-order valence-corrected chi connectivity index (χ1v) is 9.45. The Kier molecular flexibility index (Phi) is 5.47. The van der Waals surface area contributed by atoms with E-state index in [0.29, 0.717) is 39.2 Å². The van der Waals surface area contributed by atoms with E-state index in [1.54, 1.807) is 37.3 Å². The quantitative estimate of drug-likeness (QED) is 0.617. The number of fused-ring (bicyclic) bond motifs is 1. The van der Waals surface area contributed by atoms with Crippen LogP contribution in [0.5, 0.6) is 5.75 Å². The highest BCUT2D eigenvalue weighted by Gasteiger charge is 2.30. The lowest BCUT2D eigenvalue weighted by Gasteiger charge is -2.16. The third kappa shape index (κ3) is 3.62. The number of phenolic OH excluding ortho intramolecular Hbond substituents is 1. The van der Waals surface area contributed by atoms with E-state index in [4.69, 9.17) is 11.6 Å². The van der Waals surface area contributed by atoms with Gasteiger partial charge in [0.25, 0.3) is 5.91 Å². The summed E-state index contributed by atoms with van der Waals surface area (Å²) in [6.45, 7) is 5.66. The Morgan fingerprint density at radius 2 is 1.75 bits per heavy atom. The lowest BCUT2D eigenvalue weighted by Crippen LogP contribution is -2.17. The van der Waals surface area contributed by atoms with Crippen LogP contribution >= 0.6 is 11.6 Å². The summed E-state index contributed by atoms with van der Waals surface area (Å²) in [5.41, 5.74) is 2.14. The number of hydrogen-bond donors (Lipinski definition) is 2. The van der Waals surface area contributed by atoms with Gasteiger partial charge in [0.2, 0.25) is 0 Å². The number of benzene rings is 2. The van der Waals surface area contributed by atoms with E-state index in [1.807, 2.05) is 13.8 Å². The van der Waals surface area contributed by atoms with Crippen LogP contribution in [-0.2, 0) is 4.79 Å². The molecule has 28 heavy (non-hydrogen) atoms. The van der Waals surface area contributed by atoms with Crippen LogP contribution in [0.25, 0.3) is 10.9 Å². The minimum Gasteiger partial charge on any atom is -0.508 e. The number of aliphatic carboxylic acids is 1. The number of rotatable bonds is 5. The zero-order chi connectivity index (χ0) is 20.6. The smallest absolute Gasteiger partial charge is 0.311 e. The highest BCUT2D eigenvalue weighted by atomic mass is 35.5. The van der Waals surface area contributed by atoms with Crippen LogP contribution < -0.4 is 0 Å². The number of hydrogen-bond acceptors (Lipinski definition) is 3. The topological polar surface area (TPSA) is 79.5 Å². The van der Waals surface area contributed by atoms with Crippen LogP contribution in [0.2, 0.25) is 5.02 Å². The van der Waals surface area contributed by atoms with Gasteiger partial charge in [-0.05, 0) is 67.3 Å². The molecule has 2 aromatic carbocycles. The molecular weight excluding hydrogens is 378 g/mol. The maximum absolute atomic E-state index is 13.2. The van der Waals surface area contributed by atoms with Crippen molar-refractivity contribution in [2.24, 2.45) is 5.92 Å². The molecule has 3 rings (SSSR count). The van der Waals surface area contributed by atoms with Gasteiger partial charge in [-0.3, -0.25) is 14.2 Å². The van der Waals surface area contributed by atoms with E-state index in [1.165, 1.54) is 16.7 Å². The van der Waals surface area contributed by atoms with E-state index >= 15 is 0 Å². The van der Waals surface area contributed by atoms with Gasteiger partial charge in [-0.1, -0.05) is 25.4 Å². The van der Waals surface area contributed by atoms with Gasteiger partial charge in [0.05, 0.1) is 11.4 Å². The molecule has 0 bridgehead atoms. The first-order chi connectivity index (χ1) is 13.2. The van der Waals surface area contributed by atoms with Crippen LogP contribution in [0.3, 0.4) is 0 Å². The number of phenols is 1. The molecule has 0 aliphatic rings. The van der Waals surface area contributed by atoms with Crippen LogP contribution in [0.15, 0.2) is 42.5 Å². The zero-order valence-electron chi connectivity index (χ0n) is 15.9. The lowest BCUT2D eigenvalue weighted by molar-refractivity contribution is -0.139. The second-order valence-corrected chi connectivity index (χ2v) is 7.80. The van der Waals surface area contributed by atoms with Crippen molar-refractivity contribution in [3.8, 4) is 5.75 Å². The molecule has 0 fully saturated rings. The molecule has 5 nitrogen and oxygen atoms in total. The summed E-state index contributed by atoms with van der Waals surface area (Å²) in [5.74, 6) is -1.81. The molecule has 0 saturated carbocycles. The zero-order valence-corrected chi connectivity index (χ0v) is 16.7. The van der Waals surface area contributed by atoms with Crippen LogP contribution in [0.4, 0.5) is 0 Å². The van der Waals surface area contributed by atoms with Gasteiger partial charge < -0.3 is 10.2 Å². The Morgan fingerprint density at radius 1 is 1.11 bits per heavy atom. The van der Waals surface area contributed by atoms with Crippen molar-refractivity contribution in [3.63, 3.8) is 0 Å².